The van der Waals surface area contributed by atoms with Crippen molar-refractivity contribution >= 4 is 0 Å². The molecule has 0 aromatic heterocycles. The molecular weight excluding hydrogens is 186 g/mol. The minimum absolute atomic E-state index is 0.696. The monoisotopic (exact) mass is 213 g/mol. The van der Waals surface area contributed by atoms with E-state index in [1.807, 2.05) is 0 Å². The van der Waals surface area contributed by atoms with Crippen LogP contribution in [0, 0.1) is 5.92 Å². The zero-order valence-electron chi connectivity index (χ0n) is 10.4. The van der Waals surface area contributed by atoms with E-state index in [4.69, 9.17) is 4.74 Å². The molecule has 0 heterocycles. The highest BCUT2D eigenvalue weighted by Crippen LogP contribution is 2.30. The minimum Gasteiger partial charge on any atom is -0.382 e. The van der Waals surface area contributed by atoms with E-state index < -0.39 is 0 Å². The van der Waals surface area contributed by atoms with Crippen LogP contribution in [0.3, 0.4) is 0 Å². The topological polar surface area (TPSA) is 21.3 Å². The lowest BCUT2D eigenvalue weighted by atomic mass is 9.80. The molecule has 1 atom stereocenters. The molecule has 1 fully saturated rings. The number of hydrogen-bond acceptors (Lipinski definition) is 2. The smallest absolute Gasteiger partial charge is 0.0480 e. The van der Waals surface area contributed by atoms with Crippen LogP contribution in [0.2, 0.25) is 0 Å². The molecule has 0 aromatic rings. The van der Waals surface area contributed by atoms with Gasteiger partial charge in [-0.15, -0.1) is 0 Å². The minimum atomic E-state index is 0.696. The SMILES string of the molecule is CCCNC(CCOCC)CC1CCC1. The summed E-state index contributed by atoms with van der Waals surface area (Å²) in [5.41, 5.74) is 0. The highest BCUT2D eigenvalue weighted by atomic mass is 16.5. The molecule has 15 heavy (non-hydrogen) atoms. The van der Waals surface area contributed by atoms with Crippen LogP contribution in [0.25, 0.3) is 0 Å². The van der Waals surface area contributed by atoms with Gasteiger partial charge < -0.3 is 10.1 Å². The molecule has 1 rings (SSSR count). The van der Waals surface area contributed by atoms with Crippen molar-refractivity contribution in [3.8, 4) is 0 Å². The van der Waals surface area contributed by atoms with Crippen LogP contribution in [0.15, 0.2) is 0 Å². The first-order valence-corrected chi connectivity index (χ1v) is 6.68. The Morgan fingerprint density at radius 3 is 2.67 bits per heavy atom. The summed E-state index contributed by atoms with van der Waals surface area (Å²) in [6, 6.07) is 0.696. The Morgan fingerprint density at radius 2 is 2.13 bits per heavy atom. The third-order valence-electron chi connectivity index (χ3n) is 3.34. The third-order valence-corrected chi connectivity index (χ3v) is 3.34. The largest absolute Gasteiger partial charge is 0.382 e. The van der Waals surface area contributed by atoms with E-state index >= 15 is 0 Å². The van der Waals surface area contributed by atoms with E-state index in [1.54, 1.807) is 0 Å². The van der Waals surface area contributed by atoms with Gasteiger partial charge in [-0.05, 0) is 38.6 Å². The van der Waals surface area contributed by atoms with Crippen LogP contribution in [-0.2, 0) is 4.74 Å². The zero-order chi connectivity index (χ0) is 10.9. The van der Waals surface area contributed by atoms with Crippen LogP contribution in [-0.4, -0.2) is 25.8 Å². The molecule has 0 bridgehead atoms. The maximum atomic E-state index is 5.44. The maximum absolute atomic E-state index is 5.44. The lowest BCUT2D eigenvalue weighted by Crippen LogP contribution is -2.34. The summed E-state index contributed by atoms with van der Waals surface area (Å²) in [4.78, 5) is 0. The summed E-state index contributed by atoms with van der Waals surface area (Å²) in [5, 5.41) is 3.65. The van der Waals surface area contributed by atoms with Crippen molar-refractivity contribution in [1.82, 2.24) is 5.32 Å². The average molecular weight is 213 g/mol. The third kappa shape index (κ3) is 5.53. The number of ether oxygens (including phenoxy) is 1. The Morgan fingerprint density at radius 1 is 1.33 bits per heavy atom. The molecule has 90 valence electrons. The Balaban J connectivity index is 2.11. The number of hydrogen-bond donors (Lipinski definition) is 1. The van der Waals surface area contributed by atoms with Crippen molar-refractivity contribution < 1.29 is 4.74 Å². The fourth-order valence-corrected chi connectivity index (χ4v) is 2.15. The van der Waals surface area contributed by atoms with Gasteiger partial charge in [-0.2, -0.15) is 0 Å². The summed E-state index contributed by atoms with van der Waals surface area (Å²) in [7, 11) is 0. The summed E-state index contributed by atoms with van der Waals surface area (Å²) in [6.45, 7) is 7.23. The quantitative estimate of drug-likeness (QED) is 0.595. The van der Waals surface area contributed by atoms with E-state index in [1.165, 1.54) is 38.5 Å². The first-order valence-electron chi connectivity index (χ1n) is 6.68. The molecular formula is C13H27NO. The number of rotatable bonds is 9. The summed E-state index contributed by atoms with van der Waals surface area (Å²) < 4.78 is 5.44. The Labute approximate surface area is 94.8 Å². The molecule has 0 amide bonds. The zero-order valence-corrected chi connectivity index (χ0v) is 10.4. The molecule has 2 heteroatoms. The molecule has 1 saturated carbocycles. The predicted molar refractivity (Wildman–Crippen MR) is 65.1 cm³/mol. The second-order valence-electron chi connectivity index (χ2n) is 4.67. The molecule has 0 spiro atoms. The highest BCUT2D eigenvalue weighted by molar-refractivity contribution is 4.77. The van der Waals surface area contributed by atoms with Crippen molar-refractivity contribution in [3.05, 3.63) is 0 Å². The van der Waals surface area contributed by atoms with Crippen molar-refractivity contribution in [1.29, 1.82) is 0 Å². The molecule has 2 nitrogen and oxygen atoms in total. The van der Waals surface area contributed by atoms with Gasteiger partial charge in [0.05, 0.1) is 0 Å². The van der Waals surface area contributed by atoms with Gasteiger partial charge in [0.25, 0.3) is 0 Å². The van der Waals surface area contributed by atoms with Gasteiger partial charge in [-0.1, -0.05) is 26.2 Å². The standard InChI is InChI=1S/C13H27NO/c1-3-9-14-13(8-10-15-4-2)11-12-6-5-7-12/h12-14H,3-11H2,1-2H3. The lowest BCUT2D eigenvalue weighted by Gasteiger charge is -2.30. The molecule has 1 aliphatic rings. The molecule has 1 aliphatic carbocycles. The Hall–Kier alpha value is -0.0800. The molecule has 0 aliphatic heterocycles. The van der Waals surface area contributed by atoms with Gasteiger partial charge in [-0.3, -0.25) is 0 Å². The van der Waals surface area contributed by atoms with Crippen molar-refractivity contribution in [2.75, 3.05) is 19.8 Å². The van der Waals surface area contributed by atoms with Gasteiger partial charge in [0, 0.05) is 19.3 Å². The van der Waals surface area contributed by atoms with Gasteiger partial charge >= 0.3 is 0 Å². The first-order chi connectivity index (χ1) is 7.36. The summed E-state index contributed by atoms with van der Waals surface area (Å²) in [5.74, 6) is 1.00. The van der Waals surface area contributed by atoms with Crippen LogP contribution in [0.1, 0.15) is 52.4 Å². The summed E-state index contributed by atoms with van der Waals surface area (Å²) >= 11 is 0. The van der Waals surface area contributed by atoms with Crippen molar-refractivity contribution in [2.24, 2.45) is 5.92 Å². The lowest BCUT2D eigenvalue weighted by molar-refractivity contribution is 0.129. The second-order valence-corrected chi connectivity index (χ2v) is 4.67. The first kappa shape index (κ1) is 13.0. The highest BCUT2D eigenvalue weighted by Gasteiger charge is 2.21. The number of nitrogens with one attached hydrogen (secondary N) is 1. The maximum Gasteiger partial charge on any atom is 0.0480 e. The normalized spacial score (nSPS) is 18.8. The molecule has 1 unspecified atom stereocenters. The van der Waals surface area contributed by atoms with Crippen molar-refractivity contribution in [2.45, 2.75) is 58.4 Å². The van der Waals surface area contributed by atoms with Crippen molar-refractivity contribution in [3.63, 3.8) is 0 Å². The molecule has 1 N–H and O–H groups in total. The van der Waals surface area contributed by atoms with Gasteiger partial charge in [-0.25, -0.2) is 0 Å². The van der Waals surface area contributed by atoms with Gasteiger partial charge in [0.1, 0.15) is 0 Å². The van der Waals surface area contributed by atoms with E-state index in [-0.39, 0.29) is 0 Å². The summed E-state index contributed by atoms with van der Waals surface area (Å²) in [6.07, 6.45) is 8.15. The Kier molecular flexibility index (Phi) is 7.03. The molecule has 0 saturated heterocycles. The average Bonchev–Trinajstić information content (AvgIpc) is 2.19. The Bertz CT molecular complexity index is 145. The van der Waals surface area contributed by atoms with Crippen LogP contribution >= 0.6 is 0 Å². The molecule has 0 radical (unpaired) electrons. The van der Waals surface area contributed by atoms with Crippen LogP contribution < -0.4 is 5.32 Å². The van der Waals surface area contributed by atoms with E-state index in [9.17, 15) is 0 Å². The van der Waals surface area contributed by atoms with Crippen LogP contribution in [0.5, 0.6) is 0 Å². The predicted octanol–water partition coefficient (Wildman–Crippen LogP) is 2.97. The van der Waals surface area contributed by atoms with Gasteiger partial charge in [0.15, 0.2) is 0 Å². The van der Waals surface area contributed by atoms with Crippen LogP contribution in [0.4, 0.5) is 0 Å². The van der Waals surface area contributed by atoms with E-state index in [0.29, 0.717) is 6.04 Å². The molecule has 0 aromatic carbocycles. The van der Waals surface area contributed by atoms with Gasteiger partial charge in [0.2, 0.25) is 0 Å². The fraction of sp³-hybridized carbons (Fsp3) is 1.00. The second kappa shape index (κ2) is 8.12. The fourth-order valence-electron chi connectivity index (χ4n) is 2.15. The van der Waals surface area contributed by atoms with E-state index in [0.717, 1.165) is 25.7 Å². The van der Waals surface area contributed by atoms with E-state index in [2.05, 4.69) is 19.2 Å².